The monoisotopic (exact) mass is 245 g/mol. The SMILES string of the molecule is c1cc2sc(C3NCC4CCCC43)nc2cn1. The van der Waals surface area contributed by atoms with Gasteiger partial charge in [0.1, 0.15) is 5.01 Å². The molecular formula is C13H15N3S. The summed E-state index contributed by atoms with van der Waals surface area (Å²) in [5.74, 6) is 1.72. The summed E-state index contributed by atoms with van der Waals surface area (Å²) >= 11 is 1.83. The maximum atomic E-state index is 4.75. The van der Waals surface area contributed by atoms with E-state index >= 15 is 0 Å². The lowest BCUT2D eigenvalue weighted by Crippen LogP contribution is -2.17. The predicted molar refractivity (Wildman–Crippen MR) is 69.0 cm³/mol. The third-order valence-electron chi connectivity index (χ3n) is 4.22. The normalized spacial score (nSPS) is 32.1. The zero-order valence-electron chi connectivity index (χ0n) is 9.60. The molecule has 1 saturated heterocycles. The van der Waals surface area contributed by atoms with Gasteiger partial charge in [-0.05, 0) is 37.3 Å². The largest absolute Gasteiger partial charge is 0.307 e. The molecular weight excluding hydrogens is 230 g/mol. The summed E-state index contributed by atoms with van der Waals surface area (Å²) < 4.78 is 1.26. The standard InChI is InChI=1S/C13H15N3S/c1-2-8-6-15-12(9(8)3-1)13-16-10-7-14-5-4-11(10)17-13/h4-5,7-9,12,15H,1-3,6H2. The second-order valence-corrected chi connectivity index (χ2v) is 6.20. The molecule has 3 heterocycles. The molecule has 17 heavy (non-hydrogen) atoms. The van der Waals surface area contributed by atoms with Crippen LogP contribution in [0, 0.1) is 11.8 Å². The van der Waals surface area contributed by atoms with Gasteiger partial charge in [0.2, 0.25) is 0 Å². The van der Waals surface area contributed by atoms with Crippen LogP contribution in [0.2, 0.25) is 0 Å². The van der Waals surface area contributed by atoms with Crippen LogP contribution in [0.1, 0.15) is 30.3 Å². The second-order valence-electron chi connectivity index (χ2n) is 5.14. The highest BCUT2D eigenvalue weighted by atomic mass is 32.1. The molecule has 0 radical (unpaired) electrons. The van der Waals surface area contributed by atoms with Gasteiger partial charge in [0.05, 0.1) is 22.5 Å². The van der Waals surface area contributed by atoms with Crippen molar-refractivity contribution in [3.8, 4) is 0 Å². The van der Waals surface area contributed by atoms with E-state index < -0.39 is 0 Å². The molecule has 2 aromatic heterocycles. The number of aromatic nitrogens is 2. The summed E-state index contributed by atoms with van der Waals surface area (Å²) in [6.07, 6.45) is 7.90. The molecule has 4 heteroatoms. The van der Waals surface area contributed by atoms with E-state index in [1.165, 1.54) is 35.5 Å². The van der Waals surface area contributed by atoms with Crippen molar-refractivity contribution in [2.24, 2.45) is 11.8 Å². The Balaban J connectivity index is 1.74. The highest BCUT2D eigenvalue weighted by Crippen LogP contribution is 2.45. The highest BCUT2D eigenvalue weighted by Gasteiger charge is 2.40. The van der Waals surface area contributed by atoms with Gasteiger partial charge in [0.25, 0.3) is 0 Å². The average molecular weight is 245 g/mol. The van der Waals surface area contributed by atoms with Gasteiger partial charge < -0.3 is 5.32 Å². The lowest BCUT2D eigenvalue weighted by Gasteiger charge is -2.14. The van der Waals surface area contributed by atoms with Crippen LogP contribution < -0.4 is 5.32 Å². The van der Waals surface area contributed by atoms with Gasteiger partial charge in [0, 0.05) is 6.20 Å². The number of hydrogen-bond donors (Lipinski definition) is 1. The fourth-order valence-electron chi connectivity index (χ4n) is 3.39. The quantitative estimate of drug-likeness (QED) is 0.839. The first-order chi connectivity index (χ1) is 8.42. The van der Waals surface area contributed by atoms with Crippen molar-refractivity contribution >= 4 is 21.6 Å². The van der Waals surface area contributed by atoms with Crippen molar-refractivity contribution in [2.75, 3.05) is 6.54 Å². The molecule has 88 valence electrons. The van der Waals surface area contributed by atoms with Crippen LogP contribution in [0.4, 0.5) is 0 Å². The fourth-order valence-corrected chi connectivity index (χ4v) is 4.48. The van der Waals surface area contributed by atoms with Crippen LogP contribution in [0.25, 0.3) is 10.2 Å². The molecule has 3 atom stereocenters. The Hall–Kier alpha value is -1.00. The molecule has 4 rings (SSSR count). The average Bonchev–Trinajstić information content (AvgIpc) is 3.02. The van der Waals surface area contributed by atoms with Crippen molar-refractivity contribution in [3.63, 3.8) is 0 Å². The molecule has 0 aromatic carbocycles. The fraction of sp³-hybridized carbons (Fsp3) is 0.538. The van der Waals surface area contributed by atoms with Crippen molar-refractivity contribution in [2.45, 2.75) is 25.3 Å². The van der Waals surface area contributed by atoms with E-state index in [2.05, 4.69) is 16.4 Å². The first-order valence-electron chi connectivity index (χ1n) is 6.35. The van der Waals surface area contributed by atoms with Crippen LogP contribution in [0.3, 0.4) is 0 Å². The topological polar surface area (TPSA) is 37.8 Å². The zero-order valence-corrected chi connectivity index (χ0v) is 10.4. The Morgan fingerprint density at radius 1 is 1.35 bits per heavy atom. The maximum absolute atomic E-state index is 4.75. The van der Waals surface area contributed by atoms with Gasteiger partial charge in [-0.3, -0.25) is 4.98 Å². The first-order valence-corrected chi connectivity index (χ1v) is 7.17. The van der Waals surface area contributed by atoms with Crippen LogP contribution in [0.15, 0.2) is 18.5 Å². The Labute approximate surface area is 104 Å². The molecule has 2 aliphatic rings. The smallest absolute Gasteiger partial charge is 0.111 e. The molecule has 3 unspecified atom stereocenters. The van der Waals surface area contributed by atoms with E-state index in [1.54, 1.807) is 0 Å². The van der Waals surface area contributed by atoms with Crippen molar-refractivity contribution in [1.29, 1.82) is 0 Å². The van der Waals surface area contributed by atoms with Crippen LogP contribution >= 0.6 is 11.3 Å². The van der Waals surface area contributed by atoms with E-state index in [9.17, 15) is 0 Å². The van der Waals surface area contributed by atoms with Gasteiger partial charge in [-0.2, -0.15) is 0 Å². The number of nitrogens with one attached hydrogen (secondary N) is 1. The van der Waals surface area contributed by atoms with Crippen molar-refractivity contribution in [3.05, 3.63) is 23.5 Å². The Kier molecular flexibility index (Phi) is 2.20. The third-order valence-corrected chi connectivity index (χ3v) is 5.34. The second kappa shape index (κ2) is 3.75. The number of thiazole rings is 1. The van der Waals surface area contributed by atoms with E-state index in [-0.39, 0.29) is 0 Å². The minimum absolute atomic E-state index is 0.500. The van der Waals surface area contributed by atoms with Crippen LogP contribution in [-0.2, 0) is 0 Å². The number of rotatable bonds is 1. The van der Waals surface area contributed by atoms with Gasteiger partial charge in [-0.15, -0.1) is 11.3 Å². The molecule has 0 amide bonds. The number of fused-ring (bicyclic) bond motifs is 2. The summed E-state index contributed by atoms with van der Waals surface area (Å²) in [6, 6.07) is 2.57. The Morgan fingerprint density at radius 3 is 3.29 bits per heavy atom. The summed E-state index contributed by atoms with van der Waals surface area (Å²) in [4.78, 5) is 8.89. The Morgan fingerprint density at radius 2 is 2.35 bits per heavy atom. The summed E-state index contributed by atoms with van der Waals surface area (Å²) in [6.45, 7) is 1.18. The number of hydrogen-bond acceptors (Lipinski definition) is 4. The molecule has 1 saturated carbocycles. The molecule has 2 fully saturated rings. The molecule has 3 nitrogen and oxygen atoms in total. The maximum Gasteiger partial charge on any atom is 0.111 e. The number of pyridine rings is 1. The molecule has 0 bridgehead atoms. The van der Waals surface area contributed by atoms with Gasteiger partial charge in [0.15, 0.2) is 0 Å². The van der Waals surface area contributed by atoms with Crippen molar-refractivity contribution < 1.29 is 0 Å². The van der Waals surface area contributed by atoms with E-state index in [0.717, 1.165) is 17.4 Å². The Bertz CT molecular complexity index is 517. The molecule has 1 aliphatic heterocycles. The summed E-state index contributed by atoms with van der Waals surface area (Å²) in [5, 5.41) is 4.93. The minimum atomic E-state index is 0.500. The van der Waals surface area contributed by atoms with E-state index in [1.807, 2.05) is 23.7 Å². The lowest BCUT2D eigenvalue weighted by atomic mass is 9.94. The van der Waals surface area contributed by atoms with Gasteiger partial charge in [-0.1, -0.05) is 6.42 Å². The summed E-state index contributed by atoms with van der Waals surface area (Å²) in [7, 11) is 0. The highest BCUT2D eigenvalue weighted by molar-refractivity contribution is 7.18. The van der Waals surface area contributed by atoms with Crippen molar-refractivity contribution in [1.82, 2.24) is 15.3 Å². The van der Waals surface area contributed by atoms with Crippen LogP contribution in [0.5, 0.6) is 0 Å². The zero-order chi connectivity index (χ0) is 11.2. The number of nitrogens with zero attached hydrogens (tertiary/aromatic N) is 2. The molecule has 1 aliphatic carbocycles. The molecule has 1 N–H and O–H groups in total. The molecule has 2 aromatic rings. The van der Waals surface area contributed by atoms with Gasteiger partial charge >= 0.3 is 0 Å². The van der Waals surface area contributed by atoms with E-state index in [0.29, 0.717) is 6.04 Å². The van der Waals surface area contributed by atoms with Gasteiger partial charge in [-0.25, -0.2) is 4.98 Å². The summed E-state index contributed by atoms with van der Waals surface area (Å²) in [5.41, 5.74) is 1.05. The third kappa shape index (κ3) is 1.51. The predicted octanol–water partition coefficient (Wildman–Crippen LogP) is 2.75. The minimum Gasteiger partial charge on any atom is -0.307 e. The van der Waals surface area contributed by atoms with E-state index in [4.69, 9.17) is 4.98 Å². The molecule has 0 spiro atoms. The first kappa shape index (κ1) is 9.97. The lowest BCUT2D eigenvalue weighted by molar-refractivity contribution is 0.421. The van der Waals surface area contributed by atoms with Crippen LogP contribution in [-0.4, -0.2) is 16.5 Å².